The lowest BCUT2D eigenvalue weighted by molar-refractivity contribution is 0.415. The number of rotatable bonds is 4. The first kappa shape index (κ1) is 18.8. The molecule has 30 heavy (non-hydrogen) atoms. The van der Waals surface area contributed by atoms with E-state index in [2.05, 4.69) is 59.7 Å². The predicted octanol–water partition coefficient (Wildman–Crippen LogP) is 4.74. The molecule has 1 aliphatic heterocycles. The van der Waals surface area contributed by atoms with E-state index in [1.54, 1.807) is 7.11 Å². The van der Waals surface area contributed by atoms with Crippen LogP contribution in [-0.4, -0.2) is 33.8 Å². The number of aromatic amines is 1. The zero-order valence-electron chi connectivity index (χ0n) is 17.5. The number of nitrogens with zero attached hydrogens (tertiary/aromatic N) is 3. The second-order valence-electron chi connectivity index (χ2n) is 7.88. The first-order chi connectivity index (χ1) is 14.7. The molecule has 5 rings (SSSR count). The van der Waals surface area contributed by atoms with Crippen LogP contribution in [0.4, 0.5) is 0 Å². The Balaban J connectivity index is 1.61. The van der Waals surface area contributed by atoms with Crippen molar-refractivity contribution >= 4 is 11.0 Å². The van der Waals surface area contributed by atoms with Crippen LogP contribution in [0.15, 0.2) is 42.6 Å². The number of pyridine rings is 2. The summed E-state index contributed by atoms with van der Waals surface area (Å²) in [5, 5.41) is 11.1. The Kier molecular flexibility index (Phi) is 4.71. The third kappa shape index (κ3) is 3.13. The normalized spacial score (nSPS) is 16.3. The molecule has 6 heteroatoms. The third-order valence-electron chi connectivity index (χ3n) is 6.06. The van der Waals surface area contributed by atoms with Gasteiger partial charge in [0.05, 0.1) is 18.3 Å². The molecule has 1 saturated heterocycles. The van der Waals surface area contributed by atoms with Crippen LogP contribution in [0.25, 0.3) is 33.5 Å². The molecule has 2 N–H and O–H groups in total. The van der Waals surface area contributed by atoms with Crippen molar-refractivity contribution in [1.29, 1.82) is 0 Å². The first-order valence-corrected chi connectivity index (χ1v) is 10.3. The molecule has 6 nitrogen and oxygen atoms in total. The molecule has 1 aromatic carbocycles. The van der Waals surface area contributed by atoms with Crippen molar-refractivity contribution in [2.24, 2.45) is 0 Å². The quantitative estimate of drug-likeness (QED) is 0.519. The summed E-state index contributed by atoms with van der Waals surface area (Å²) in [5.74, 6) is 0.729. The van der Waals surface area contributed by atoms with Crippen molar-refractivity contribution in [2.45, 2.75) is 32.7 Å². The first-order valence-electron chi connectivity index (χ1n) is 10.3. The fourth-order valence-electron chi connectivity index (χ4n) is 4.18. The van der Waals surface area contributed by atoms with Crippen LogP contribution < -0.4 is 10.1 Å². The summed E-state index contributed by atoms with van der Waals surface area (Å²) < 4.78 is 5.66. The Hall–Kier alpha value is -3.25. The number of aryl methyl sites for hydroxylation is 1. The number of nitrogens with one attached hydrogen (secondary N) is 2. The van der Waals surface area contributed by atoms with Crippen LogP contribution >= 0.6 is 0 Å². The highest BCUT2D eigenvalue weighted by Gasteiger charge is 2.20. The monoisotopic (exact) mass is 399 g/mol. The van der Waals surface area contributed by atoms with Gasteiger partial charge >= 0.3 is 0 Å². The van der Waals surface area contributed by atoms with E-state index in [0.29, 0.717) is 6.04 Å². The molecule has 1 atom stereocenters. The minimum atomic E-state index is 0.355. The Bertz CT molecular complexity index is 1210. The number of aromatic nitrogens is 4. The van der Waals surface area contributed by atoms with E-state index in [1.807, 2.05) is 12.3 Å². The smallest absolute Gasteiger partial charge is 0.147 e. The molecule has 0 saturated carbocycles. The fraction of sp³-hybridized carbons (Fsp3) is 0.292. The van der Waals surface area contributed by atoms with Gasteiger partial charge in [-0.15, -0.1) is 0 Å². The second kappa shape index (κ2) is 7.54. The summed E-state index contributed by atoms with van der Waals surface area (Å²) in [6.45, 7) is 5.29. The molecule has 1 fully saturated rings. The largest absolute Gasteiger partial charge is 0.494 e. The molecule has 1 aliphatic rings. The Morgan fingerprint density at radius 2 is 2.00 bits per heavy atom. The SMILES string of the molecule is COc1cc2[nH]nc(-c3ccc([C@@H]4CCCN4)nc3)c2nc1-c1cccc(C)c1C. The molecule has 3 aromatic heterocycles. The maximum atomic E-state index is 5.66. The van der Waals surface area contributed by atoms with E-state index in [9.17, 15) is 0 Å². The van der Waals surface area contributed by atoms with Crippen LogP contribution in [0.2, 0.25) is 0 Å². The highest BCUT2D eigenvalue weighted by atomic mass is 16.5. The molecule has 0 amide bonds. The van der Waals surface area contributed by atoms with E-state index in [-0.39, 0.29) is 0 Å². The lowest BCUT2D eigenvalue weighted by Crippen LogP contribution is -2.13. The molecule has 0 bridgehead atoms. The second-order valence-corrected chi connectivity index (χ2v) is 7.88. The molecular formula is C24H25N5O. The van der Waals surface area contributed by atoms with Gasteiger partial charge < -0.3 is 10.1 Å². The predicted molar refractivity (Wildman–Crippen MR) is 119 cm³/mol. The standard InChI is InChI=1S/C24H25N5O/c1-14-6-4-7-17(15(14)2)23-21(30-3)12-20-24(27-23)22(29-28-20)16-9-10-19(26-13-16)18-8-5-11-25-18/h4,6-7,9-10,12-13,18,25H,5,8,11H2,1-3H3,(H,28,29)/t18-/m0/s1. The van der Waals surface area contributed by atoms with Gasteiger partial charge in [-0.25, -0.2) is 4.98 Å². The van der Waals surface area contributed by atoms with E-state index < -0.39 is 0 Å². The molecule has 0 spiro atoms. The van der Waals surface area contributed by atoms with Gasteiger partial charge in [-0.05, 0) is 56.5 Å². The Morgan fingerprint density at radius 1 is 1.10 bits per heavy atom. The molecule has 152 valence electrons. The fourth-order valence-corrected chi connectivity index (χ4v) is 4.18. The van der Waals surface area contributed by atoms with Crippen LogP contribution in [0.1, 0.15) is 35.7 Å². The van der Waals surface area contributed by atoms with E-state index >= 15 is 0 Å². The molecule has 4 heterocycles. The number of methoxy groups -OCH3 is 1. The summed E-state index contributed by atoms with van der Waals surface area (Å²) in [5.41, 5.74) is 8.83. The third-order valence-corrected chi connectivity index (χ3v) is 6.06. The van der Waals surface area contributed by atoms with Gasteiger partial charge in [-0.1, -0.05) is 18.2 Å². The topological polar surface area (TPSA) is 75.7 Å². The number of fused-ring (bicyclic) bond motifs is 1. The number of H-pyrrole nitrogens is 1. The summed E-state index contributed by atoms with van der Waals surface area (Å²) in [4.78, 5) is 9.69. The number of benzene rings is 1. The van der Waals surface area contributed by atoms with Crippen molar-refractivity contribution in [3.8, 4) is 28.3 Å². The highest BCUT2D eigenvalue weighted by molar-refractivity contribution is 5.92. The Labute approximate surface area is 175 Å². The Morgan fingerprint density at radius 3 is 2.73 bits per heavy atom. The molecular weight excluding hydrogens is 374 g/mol. The zero-order valence-corrected chi connectivity index (χ0v) is 17.5. The highest BCUT2D eigenvalue weighted by Crippen LogP contribution is 2.36. The average molecular weight is 399 g/mol. The van der Waals surface area contributed by atoms with E-state index in [4.69, 9.17) is 14.7 Å². The van der Waals surface area contributed by atoms with Crippen molar-refractivity contribution < 1.29 is 4.74 Å². The lowest BCUT2D eigenvalue weighted by atomic mass is 9.99. The zero-order chi connectivity index (χ0) is 20.7. The summed E-state index contributed by atoms with van der Waals surface area (Å²) in [6, 6.07) is 12.8. The molecule has 4 aromatic rings. The minimum Gasteiger partial charge on any atom is -0.494 e. The number of hydrogen-bond acceptors (Lipinski definition) is 5. The van der Waals surface area contributed by atoms with E-state index in [1.165, 1.54) is 17.5 Å². The van der Waals surface area contributed by atoms with Gasteiger partial charge in [0.1, 0.15) is 22.7 Å². The molecule has 0 aliphatic carbocycles. The van der Waals surface area contributed by atoms with Crippen LogP contribution in [0, 0.1) is 13.8 Å². The van der Waals surface area contributed by atoms with Gasteiger partial charge in [-0.2, -0.15) is 5.10 Å². The number of ether oxygens (including phenoxy) is 1. The van der Waals surface area contributed by atoms with Crippen LogP contribution in [0.5, 0.6) is 5.75 Å². The van der Waals surface area contributed by atoms with Crippen molar-refractivity contribution in [1.82, 2.24) is 25.5 Å². The van der Waals surface area contributed by atoms with Gasteiger partial charge in [0.2, 0.25) is 0 Å². The number of hydrogen-bond donors (Lipinski definition) is 2. The molecule has 0 unspecified atom stereocenters. The maximum Gasteiger partial charge on any atom is 0.147 e. The van der Waals surface area contributed by atoms with Crippen molar-refractivity contribution in [3.05, 3.63) is 59.4 Å². The summed E-state index contributed by atoms with van der Waals surface area (Å²) in [7, 11) is 1.68. The van der Waals surface area contributed by atoms with Crippen LogP contribution in [-0.2, 0) is 0 Å². The van der Waals surface area contributed by atoms with Gasteiger partial charge in [0.25, 0.3) is 0 Å². The van der Waals surface area contributed by atoms with E-state index in [0.717, 1.165) is 58.0 Å². The van der Waals surface area contributed by atoms with Crippen molar-refractivity contribution in [3.63, 3.8) is 0 Å². The average Bonchev–Trinajstić information content (AvgIpc) is 3.45. The maximum absolute atomic E-state index is 5.66. The molecule has 0 radical (unpaired) electrons. The minimum absolute atomic E-state index is 0.355. The van der Waals surface area contributed by atoms with Gasteiger partial charge in [0, 0.05) is 29.4 Å². The summed E-state index contributed by atoms with van der Waals surface area (Å²) >= 11 is 0. The lowest BCUT2D eigenvalue weighted by Gasteiger charge is -2.12. The van der Waals surface area contributed by atoms with Gasteiger partial charge in [0.15, 0.2) is 0 Å². The summed E-state index contributed by atoms with van der Waals surface area (Å²) in [6.07, 6.45) is 4.23. The van der Waals surface area contributed by atoms with Crippen molar-refractivity contribution in [2.75, 3.05) is 13.7 Å². The van der Waals surface area contributed by atoms with Crippen LogP contribution in [0.3, 0.4) is 0 Å². The van der Waals surface area contributed by atoms with Gasteiger partial charge in [-0.3, -0.25) is 10.1 Å².